The first kappa shape index (κ1) is 16.1. The van der Waals surface area contributed by atoms with Crippen LogP contribution < -0.4 is 0 Å². The van der Waals surface area contributed by atoms with Crippen molar-refractivity contribution < 1.29 is 19.4 Å². The number of hydrogen-bond donors (Lipinski definition) is 1. The highest BCUT2D eigenvalue weighted by Gasteiger charge is 2.27. The normalized spacial score (nSPS) is 15.2. The minimum absolute atomic E-state index is 0.331. The van der Waals surface area contributed by atoms with Crippen molar-refractivity contribution >= 4 is 5.97 Å². The molecule has 0 aromatic rings. The molecule has 0 rings (SSSR count). The smallest absolute Gasteiger partial charge is 0.333 e. The summed E-state index contributed by atoms with van der Waals surface area (Å²) in [5.41, 5.74) is -0.200. The predicted octanol–water partition coefficient (Wildman–Crippen LogP) is 2.41. The fraction of sp³-hybridized carbons (Fsp3) is 0.769. The van der Waals surface area contributed by atoms with Gasteiger partial charge < -0.3 is 14.6 Å². The van der Waals surface area contributed by atoms with Gasteiger partial charge in [-0.2, -0.15) is 0 Å². The van der Waals surface area contributed by atoms with Gasteiger partial charge in [-0.15, -0.1) is 0 Å². The van der Waals surface area contributed by atoms with Crippen LogP contribution in [0.5, 0.6) is 0 Å². The second-order valence-electron chi connectivity index (χ2n) is 5.02. The zero-order chi connectivity index (χ0) is 13.7. The number of esters is 1. The fourth-order valence-corrected chi connectivity index (χ4v) is 1.13. The molecule has 0 aromatic carbocycles. The lowest BCUT2D eigenvalue weighted by Crippen LogP contribution is -2.34. The molecule has 0 bridgehead atoms. The van der Waals surface area contributed by atoms with Gasteiger partial charge in [-0.1, -0.05) is 13.5 Å². The lowest BCUT2D eigenvalue weighted by atomic mass is 9.99. The van der Waals surface area contributed by atoms with Crippen molar-refractivity contribution in [2.24, 2.45) is 0 Å². The highest BCUT2D eigenvalue weighted by molar-refractivity contribution is 5.87. The molecule has 0 aliphatic rings. The summed E-state index contributed by atoms with van der Waals surface area (Å²) in [6.45, 7) is 12.4. The summed E-state index contributed by atoms with van der Waals surface area (Å²) in [5.74, 6) is -1.55. The first-order valence-corrected chi connectivity index (χ1v) is 5.85. The summed E-state index contributed by atoms with van der Waals surface area (Å²) >= 11 is 0. The van der Waals surface area contributed by atoms with Crippen LogP contribution in [0.15, 0.2) is 12.2 Å². The largest absolute Gasteiger partial charge is 0.456 e. The second kappa shape index (κ2) is 6.17. The molecule has 0 aliphatic heterocycles. The van der Waals surface area contributed by atoms with E-state index in [0.29, 0.717) is 25.0 Å². The van der Waals surface area contributed by atoms with E-state index in [2.05, 4.69) is 6.58 Å². The van der Waals surface area contributed by atoms with Gasteiger partial charge in [0.15, 0.2) is 5.79 Å². The molecule has 0 spiro atoms. The summed E-state index contributed by atoms with van der Waals surface area (Å²) < 4.78 is 10.6. The summed E-state index contributed by atoms with van der Waals surface area (Å²) in [6.07, 6.45) is 1.22. The van der Waals surface area contributed by atoms with Crippen LogP contribution >= 0.6 is 0 Å². The molecule has 0 heterocycles. The first-order chi connectivity index (χ1) is 7.59. The van der Waals surface area contributed by atoms with Crippen molar-refractivity contribution in [3.8, 4) is 0 Å². The third-order valence-electron chi connectivity index (χ3n) is 2.52. The van der Waals surface area contributed by atoms with E-state index < -0.39 is 17.4 Å². The van der Waals surface area contributed by atoms with Crippen LogP contribution in [0.1, 0.15) is 47.5 Å². The molecule has 17 heavy (non-hydrogen) atoms. The van der Waals surface area contributed by atoms with Gasteiger partial charge in [0.05, 0.1) is 6.61 Å². The lowest BCUT2D eigenvalue weighted by molar-refractivity contribution is -0.187. The molecule has 0 aliphatic carbocycles. The molecule has 4 heteroatoms. The molecular formula is C13H24O4. The molecule has 0 radical (unpaired) electrons. The summed E-state index contributed by atoms with van der Waals surface area (Å²) in [4.78, 5) is 11.5. The summed E-state index contributed by atoms with van der Waals surface area (Å²) in [5, 5.41) is 9.41. The molecule has 1 atom stereocenters. The predicted molar refractivity (Wildman–Crippen MR) is 66.5 cm³/mol. The standard InChI is InChI=1S/C13H24O4/c1-7-13(6,17-11(14)10(2)3)8-9-16-12(4,5)15/h15H,2,7-9H2,1,3-6H3. The Morgan fingerprint density at radius 3 is 2.24 bits per heavy atom. The third-order valence-corrected chi connectivity index (χ3v) is 2.52. The lowest BCUT2D eigenvalue weighted by Gasteiger charge is -2.29. The van der Waals surface area contributed by atoms with Crippen molar-refractivity contribution in [1.29, 1.82) is 0 Å². The molecule has 100 valence electrons. The number of hydrogen-bond acceptors (Lipinski definition) is 4. The first-order valence-electron chi connectivity index (χ1n) is 5.85. The monoisotopic (exact) mass is 244 g/mol. The van der Waals surface area contributed by atoms with Gasteiger partial charge in [0.25, 0.3) is 0 Å². The quantitative estimate of drug-likeness (QED) is 0.424. The van der Waals surface area contributed by atoms with Gasteiger partial charge >= 0.3 is 5.97 Å². The fourth-order valence-electron chi connectivity index (χ4n) is 1.13. The highest BCUT2D eigenvalue weighted by atomic mass is 16.6. The molecule has 0 amide bonds. The molecule has 4 nitrogen and oxygen atoms in total. The van der Waals surface area contributed by atoms with Gasteiger partial charge in [-0.25, -0.2) is 4.79 Å². The maximum atomic E-state index is 11.5. The van der Waals surface area contributed by atoms with Gasteiger partial charge in [-0.05, 0) is 34.1 Å². The van der Waals surface area contributed by atoms with Gasteiger partial charge in [0.1, 0.15) is 5.60 Å². The minimum atomic E-state index is -1.16. The van der Waals surface area contributed by atoms with Gasteiger partial charge in [0.2, 0.25) is 0 Å². The van der Waals surface area contributed by atoms with Crippen LogP contribution in [0.3, 0.4) is 0 Å². The molecule has 0 saturated carbocycles. The Labute approximate surface area is 104 Å². The molecule has 0 aromatic heterocycles. The second-order valence-corrected chi connectivity index (χ2v) is 5.02. The van der Waals surface area contributed by atoms with Crippen molar-refractivity contribution in [1.82, 2.24) is 0 Å². The zero-order valence-electron chi connectivity index (χ0n) is 11.5. The Kier molecular flexibility index (Phi) is 5.85. The van der Waals surface area contributed by atoms with Gasteiger partial charge in [-0.3, -0.25) is 0 Å². The van der Waals surface area contributed by atoms with Crippen LogP contribution in [0.4, 0.5) is 0 Å². The number of aliphatic hydroxyl groups is 1. The van der Waals surface area contributed by atoms with E-state index >= 15 is 0 Å². The van der Waals surface area contributed by atoms with E-state index in [1.165, 1.54) is 0 Å². The van der Waals surface area contributed by atoms with E-state index in [1.807, 2.05) is 13.8 Å². The van der Waals surface area contributed by atoms with E-state index in [4.69, 9.17) is 9.47 Å². The van der Waals surface area contributed by atoms with E-state index in [9.17, 15) is 9.90 Å². The Balaban J connectivity index is 4.29. The zero-order valence-corrected chi connectivity index (χ0v) is 11.5. The number of carbonyl (C=O) groups excluding carboxylic acids is 1. The Bertz CT molecular complexity index is 278. The maximum Gasteiger partial charge on any atom is 0.333 e. The van der Waals surface area contributed by atoms with Gasteiger partial charge in [0, 0.05) is 12.0 Å². The average Bonchev–Trinajstić information content (AvgIpc) is 2.15. The Morgan fingerprint density at radius 2 is 1.88 bits per heavy atom. The summed E-state index contributed by atoms with van der Waals surface area (Å²) in [6, 6.07) is 0. The average molecular weight is 244 g/mol. The van der Waals surface area contributed by atoms with E-state index in [1.54, 1.807) is 20.8 Å². The number of carbonyl (C=O) groups is 1. The number of rotatable bonds is 7. The molecule has 1 N–H and O–H groups in total. The highest BCUT2D eigenvalue weighted by Crippen LogP contribution is 2.22. The molecule has 0 saturated heterocycles. The Hall–Kier alpha value is -0.870. The Morgan fingerprint density at radius 1 is 1.35 bits per heavy atom. The topological polar surface area (TPSA) is 55.8 Å². The van der Waals surface area contributed by atoms with E-state index in [0.717, 1.165) is 0 Å². The third kappa shape index (κ3) is 7.13. The maximum absolute atomic E-state index is 11.5. The number of ether oxygens (including phenoxy) is 2. The SMILES string of the molecule is C=C(C)C(=O)OC(C)(CC)CCOC(C)(C)O. The van der Waals surface area contributed by atoms with E-state index in [-0.39, 0.29) is 0 Å². The van der Waals surface area contributed by atoms with Crippen LogP contribution in [0.2, 0.25) is 0 Å². The van der Waals surface area contributed by atoms with Crippen LogP contribution in [0, 0.1) is 0 Å². The minimum Gasteiger partial charge on any atom is -0.456 e. The van der Waals surface area contributed by atoms with Crippen molar-refractivity contribution in [3.63, 3.8) is 0 Å². The molecule has 0 fully saturated rings. The van der Waals surface area contributed by atoms with Crippen LogP contribution in [0.25, 0.3) is 0 Å². The van der Waals surface area contributed by atoms with Crippen LogP contribution in [-0.2, 0) is 14.3 Å². The molecular weight excluding hydrogens is 220 g/mol. The van der Waals surface area contributed by atoms with Crippen LogP contribution in [-0.4, -0.2) is 29.1 Å². The molecule has 1 unspecified atom stereocenters. The van der Waals surface area contributed by atoms with Crippen molar-refractivity contribution in [3.05, 3.63) is 12.2 Å². The van der Waals surface area contributed by atoms with Crippen molar-refractivity contribution in [2.45, 2.75) is 58.8 Å². The van der Waals surface area contributed by atoms with Crippen molar-refractivity contribution in [2.75, 3.05) is 6.61 Å². The summed E-state index contributed by atoms with van der Waals surface area (Å²) in [7, 11) is 0.